The summed E-state index contributed by atoms with van der Waals surface area (Å²) in [5.74, 6) is -1.01. The number of H-pyrrole nitrogens is 1. The highest BCUT2D eigenvalue weighted by atomic mass is 35.5. The van der Waals surface area contributed by atoms with Gasteiger partial charge in [-0.1, -0.05) is 78.0 Å². The molecule has 11 nitrogen and oxygen atoms in total. The minimum absolute atomic E-state index is 0.110. The van der Waals surface area contributed by atoms with Crippen molar-refractivity contribution in [2.45, 2.75) is 79.5 Å². The van der Waals surface area contributed by atoms with Gasteiger partial charge in [-0.25, -0.2) is 0 Å². The highest BCUT2D eigenvalue weighted by molar-refractivity contribution is 7.99. The first-order valence-electron chi connectivity index (χ1n) is 18.8. The van der Waals surface area contributed by atoms with Crippen molar-refractivity contribution < 1.29 is 14.4 Å². The molecule has 0 fully saturated rings. The molecule has 1 aliphatic heterocycles. The molecule has 2 aromatic heterocycles. The molecule has 3 atom stereocenters. The fraction of sp³-hybridized carbons (Fsp3) is 0.333. The van der Waals surface area contributed by atoms with Gasteiger partial charge in [0.15, 0.2) is 0 Å². The summed E-state index contributed by atoms with van der Waals surface area (Å²) in [6.07, 6.45) is 8.41. The normalized spacial score (nSPS) is 18.7. The summed E-state index contributed by atoms with van der Waals surface area (Å²) in [4.78, 5) is 54.2. The SMILES string of the molecule is CN1C(=O)[C@H](CCCCN)NC(=O)[C@H](CCCN)NCc2ccncc2Sc2c(-c3ccccc3)ccc(Cl)c2CNC(=O)[C@@H]1Cc1c[nH]c2ccccc12. The van der Waals surface area contributed by atoms with Crippen LogP contribution in [0, 0.1) is 0 Å². The number of likely N-dealkylation sites (N-methyl/N-ethyl adjacent to an activating group) is 1. The first kappa shape index (κ1) is 40.0. The summed E-state index contributed by atoms with van der Waals surface area (Å²) < 4.78 is 0. The van der Waals surface area contributed by atoms with Gasteiger partial charge in [0, 0.05) is 76.4 Å². The molecule has 0 radical (unpaired) electrons. The fourth-order valence-corrected chi connectivity index (χ4v) is 8.48. The number of rotatable bonds is 10. The zero-order valence-electron chi connectivity index (χ0n) is 31.0. The highest BCUT2D eigenvalue weighted by Crippen LogP contribution is 2.42. The minimum Gasteiger partial charge on any atom is -0.361 e. The Balaban J connectivity index is 1.46. The van der Waals surface area contributed by atoms with E-state index in [0.717, 1.165) is 48.5 Å². The van der Waals surface area contributed by atoms with Crippen molar-refractivity contribution in [2.75, 3.05) is 20.1 Å². The van der Waals surface area contributed by atoms with Crippen LogP contribution in [-0.4, -0.2) is 70.9 Å². The molecular weight excluding hydrogens is 732 g/mol. The fourth-order valence-electron chi connectivity index (χ4n) is 7.00. The molecule has 3 aromatic carbocycles. The number of amides is 3. The number of benzene rings is 3. The Kier molecular flexibility index (Phi) is 14.0. The van der Waals surface area contributed by atoms with Crippen molar-refractivity contribution >= 4 is 52.0 Å². The maximum absolute atomic E-state index is 14.6. The van der Waals surface area contributed by atoms with E-state index in [4.69, 9.17) is 23.1 Å². The van der Waals surface area contributed by atoms with Crippen LogP contribution in [0.2, 0.25) is 5.02 Å². The Morgan fingerprint density at radius 2 is 1.64 bits per heavy atom. The monoisotopic (exact) mass is 780 g/mol. The van der Waals surface area contributed by atoms with E-state index < -0.39 is 18.1 Å². The zero-order valence-corrected chi connectivity index (χ0v) is 32.6. The van der Waals surface area contributed by atoms with Gasteiger partial charge in [-0.3, -0.25) is 19.4 Å². The maximum atomic E-state index is 14.6. The molecule has 8 N–H and O–H groups in total. The molecule has 13 heteroatoms. The number of aromatic amines is 1. The highest BCUT2D eigenvalue weighted by Gasteiger charge is 2.34. The van der Waals surface area contributed by atoms with Crippen molar-refractivity contribution in [3.63, 3.8) is 0 Å². The van der Waals surface area contributed by atoms with Gasteiger partial charge in [0.05, 0.1) is 6.04 Å². The van der Waals surface area contributed by atoms with Gasteiger partial charge >= 0.3 is 0 Å². The van der Waals surface area contributed by atoms with E-state index in [9.17, 15) is 14.4 Å². The number of aromatic nitrogens is 2. The number of nitrogens with zero attached hydrogens (tertiary/aromatic N) is 2. The molecule has 0 saturated carbocycles. The molecule has 1 aliphatic rings. The Hall–Kier alpha value is -4.72. The molecule has 288 valence electrons. The van der Waals surface area contributed by atoms with Crippen LogP contribution in [0.15, 0.2) is 101 Å². The number of carbonyl (C=O) groups is 3. The minimum atomic E-state index is -0.917. The molecule has 0 saturated heterocycles. The van der Waals surface area contributed by atoms with E-state index in [0.29, 0.717) is 56.8 Å². The summed E-state index contributed by atoms with van der Waals surface area (Å²) in [5.41, 5.74) is 17.2. The molecule has 3 heterocycles. The van der Waals surface area contributed by atoms with Gasteiger partial charge < -0.3 is 37.3 Å². The zero-order chi connectivity index (χ0) is 38.7. The van der Waals surface area contributed by atoms with Crippen molar-refractivity contribution in [1.82, 2.24) is 30.8 Å². The number of pyridine rings is 1. The Bertz CT molecular complexity index is 2090. The summed E-state index contributed by atoms with van der Waals surface area (Å²) in [5, 5.41) is 11.1. The van der Waals surface area contributed by atoms with Crippen LogP contribution in [0.3, 0.4) is 0 Å². The van der Waals surface area contributed by atoms with Crippen LogP contribution in [0.25, 0.3) is 22.0 Å². The first-order valence-corrected chi connectivity index (χ1v) is 20.0. The lowest BCUT2D eigenvalue weighted by Crippen LogP contribution is -2.57. The van der Waals surface area contributed by atoms with E-state index >= 15 is 0 Å². The molecule has 55 heavy (non-hydrogen) atoms. The van der Waals surface area contributed by atoms with Crippen molar-refractivity contribution in [3.05, 3.63) is 113 Å². The standard InChI is InChI=1S/C42H49ClN8O3S/c1-51-37(22-29-24-47-34-13-6-5-12-30(29)34)41(53)49-25-32-33(43)17-16-31(27-10-3-2-4-11-27)39(32)55-38-26-46-21-18-28(38)23-48-35(15-9-20-45)40(52)50-36(42(51)54)14-7-8-19-44/h2-6,10-13,16-18,21,24,26,35-37,47-48H,7-9,14-15,19-20,22-23,25,44-45H2,1H3,(H,49,53)(H,50,52)/t35-,36-,37-/m0/s1. The third kappa shape index (κ3) is 9.75. The van der Waals surface area contributed by atoms with Crippen LogP contribution >= 0.6 is 23.4 Å². The molecule has 0 aliphatic carbocycles. The third-order valence-electron chi connectivity index (χ3n) is 10.1. The van der Waals surface area contributed by atoms with Gasteiger partial charge in [-0.2, -0.15) is 0 Å². The van der Waals surface area contributed by atoms with Crippen LogP contribution in [0.4, 0.5) is 0 Å². The number of nitrogens with two attached hydrogens (primary N) is 2. The number of hydrogen-bond acceptors (Lipinski definition) is 8. The van der Waals surface area contributed by atoms with Crippen LogP contribution in [0.1, 0.15) is 48.8 Å². The van der Waals surface area contributed by atoms with Crippen LogP contribution < -0.4 is 27.4 Å². The number of fused-ring (bicyclic) bond motifs is 3. The van der Waals surface area contributed by atoms with Gasteiger partial charge in [0.25, 0.3) is 0 Å². The van der Waals surface area contributed by atoms with Gasteiger partial charge in [-0.15, -0.1) is 0 Å². The first-order chi connectivity index (χ1) is 26.8. The lowest BCUT2D eigenvalue weighted by Gasteiger charge is -2.32. The predicted molar refractivity (Wildman–Crippen MR) is 219 cm³/mol. The number of hydrogen-bond donors (Lipinski definition) is 6. The number of carbonyl (C=O) groups excluding carboxylic acids is 3. The Labute approximate surface area is 331 Å². The second kappa shape index (κ2) is 19.2. The molecule has 0 spiro atoms. The van der Waals surface area contributed by atoms with E-state index in [-0.39, 0.29) is 30.7 Å². The van der Waals surface area contributed by atoms with Crippen LogP contribution in [0.5, 0.6) is 0 Å². The van der Waals surface area contributed by atoms with Crippen molar-refractivity contribution in [2.24, 2.45) is 11.5 Å². The average molecular weight is 781 g/mol. The molecule has 0 unspecified atom stereocenters. The molecule has 6 rings (SSSR count). The second-order valence-corrected chi connectivity index (χ2v) is 15.3. The van der Waals surface area contributed by atoms with Crippen LogP contribution in [-0.2, 0) is 33.9 Å². The Morgan fingerprint density at radius 1 is 0.873 bits per heavy atom. The summed E-state index contributed by atoms with van der Waals surface area (Å²) >= 11 is 8.52. The van der Waals surface area contributed by atoms with Gasteiger partial charge in [0.1, 0.15) is 12.1 Å². The number of halogens is 1. The number of unbranched alkanes of at least 4 members (excludes halogenated alkanes) is 1. The maximum Gasteiger partial charge on any atom is 0.245 e. The molecule has 3 amide bonds. The quantitative estimate of drug-likeness (QED) is 0.100. The third-order valence-corrected chi connectivity index (χ3v) is 11.7. The lowest BCUT2D eigenvalue weighted by molar-refractivity contribution is -0.142. The summed E-state index contributed by atoms with van der Waals surface area (Å²) in [6.45, 7) is 1.34. The lowest BCUT2D eigenvalue weighted by atomic mass is 10.0. The predicted octanol–water partition coefficient (Wildman–Crippen LogP) is 5.54. The van der Waals surface area contributed by atoms with E-state index in [1.165, 1.54) is 16.7 Å². The van der Waals surface area contributed by atoms with E-state index in [2.05, 4.69) is 25.9 Å². The second-order valence-electron chi connectivity index (χ2n) is 13.8. The molecular formula is C42H49ClN8O3S. The molecule has 0 bridgehead atoms. The van der Waals surface area contributed by atoms with Gasteiger partial charge in [-0.05, 0) is 85.6 Å². The summed E-state index contributed by atoms with van der Waals surface area (Å²) in [6, 6.07) is 21.2. The van der Waals surface area contributed by atoms with Crippen molar-refractivity contribution in [3.8, 4) is 11.1 Å². The average Bonchev–Trinajstić information content (AvgIpc) is 3.62. The smallest absolute Gasteiger partial charge is 0.245 e. The Morgan fingerprint density at radius 3 is 2.44 bits per heavy atom. The molecule has 5 aromatic rings. The van der Waals surface area contributed by atoms with E-state index in [1.54, 1.807) is 19.4 Å². The number of nitrogens with one attached hydrogen (secondary N) is 4. The van der Waals surface area contributed by atoms with Gasteiger partial charge in [0.2, 0.25) is 17.7 Å². The largest absolute Gasteiger partial charge is 0.361 e. The van der Waals surface area contributed by atoms with Crippen molar-refractivity contribution in [1.29, 1.82) is 0 Å². The summed E-state index contributed by atoms with van der Waals surface area (Å²) in [7, 11) is 1.63. The topological polar surface area (TPSA) is 171 Å². The van der Waals surface area contributed by atoms with E-state index in [1.807, 2.05) is 79.0 Å². The number of para-hydroxylation sites is 1.